The number of rotatable bonds is 5. The monoisotopic (exact) mass is 310 g/mol. The molecule has 1 rings (SSSR count). The molecule has 3 nitrogen and oxygen atoms in total. The lowest BCUT2D eigenvalue weighted by molar-refractivity contribution is -0.118. The van der Waals surface area contributed by atoms with Crippen molar-refractivity contribution in [2.24, 2.45) is 11.7 Å². The molecule has 0 spiro atoms. The number of halogens is 3. The van der Waals surface area contributed by atoms with Gasteiger partial charge in [0.1, 0.15) is 0 Å². The average Bonchev–Trinajstić information content (AvgIpc) is 2.29. The van der Waals surface area contributed by atoms with Crippen LogP contribution in [0.15, 0.2) is 29.2 Å². The molecule has 19 heavy (non-hydrogen) atoms. The van der Waals surface area contributed by atoms with Crippen molar-refractivity contribution in [3.8, 4) is 0 Å². The third-order valence-electron chi connectivity index (χ3n) is 2.37. The van der Waals surface area contributed by atoms with E-state index in [0.29, 0.717) is 22.3 Å². The minimum atomic E-state index is -2.44. The molecule has 0 saturated heterocycles. The lowest BCUT2D eigenvalue weighted by Crippen LogP contribution is -2.39. The Hall–Kier alpha value is -0.850. The summed E-state index contributed by atoms with van der Waals surface area (Å²) in [6.45, 7) is 3.71. The smallest absolute Gasteiger partial charge is 0.288 e. The molecule has 1 atom stereocenters. The Labute approximate surface area is 121 Å². The van der Waals surface area contributed by atoms with Crippen LogP contribution in [-0.2, 0) is 4.79 Å². The summed E-state index contributed by atoms with van der Waals surface area (Å²) in [6, 6.07) is 5.64. The number of amides is 1. The maximum absolute atomic E-state index is 12.1. The quantitative estimate of drug-likeness (QED) is 0.820. The zero-order chi connectivity index (χ0) is 13.7. The molecule has 0 fully saturated rings. The molecule has 0 aromatic heterocycles. The lowest BCUT2D eigenvalue weighted by atomic mass is 10.1. The number of nitrogens with two attached hydrogens (primary N) is 1. The van der Waals surface area contributed by atoms with Gasteiger partial charge in [-0.05, 0) is 30.2 Å². The Kier molecular flexibility index (Phi) is 7.97. The van der Waals surface area contributed by atoms with Crippen LogP contribution in [0.2, 0.25) is 0 Å². The Morgan fingerprint density at radius 3 is 2.21 bits per heavy atom. The van der Waals surface area contributed by atoms with Gasteiger partial charge in [0.15, 0.2) is 0 Å². The van der Waals surface area contributed by atoms with E-state index in [9.17, 15) is 13.6 Å². The highest BCUT2D eigenvalue weighted by molar-refractivity contribution is 7.99. The fourth-order valence-corrected chi connectivity index (χ4v) is 1.75. The molecule has 0 aliphatic rings. The van der Waals surface area contributed by atoms with E-state index in [2.05, 4.69) is 5.32 Å². The van der Waals surface area contributed by atoms with Gasteiger partial charge in [-0.1, -0.05) is 25.6 Å². The van der Waals surface area contributed by atoms with Crippen LogP contribution in [0.1, 0.15) is 13.8 Å². The van der Waals surface area contributed by atoms with E-state index in [1.54, 1.807) is 12.1 Å². The van der Waals surface area contributed by atoms with Crippen LogP contribution in [0.3, 0.4) is 0 Å². The summed E-state index contributed by atoms with van der Waals surface area (Å²) in [4.78, 5) is 12.1. The molecular weight excluding hydrogens is 294 g/mol. The predicted octanol–water partition coefficient (Wildman–Crippen LogP) is 3.34. The van der Waals surface area contributed by atoms with Crippen LogP contribution in [-0.4, -0.2) is 17.7 Å². The van der Waals surface area contributed by atoms with Crippen LogP contribution in [0, 0.1) is 5.92 Å². The number of thioether (sulfide) groups is 1. The molecule has 1 aromatic rings. The number of hydrogen-bond acceptors (Lipinski definition) is 3. The molecule has 0 saturated carbocycles. The van der Waals surface area contributed by atoms with Gasteiger partial charge in [-0.25, -0.2) is 0 Å². The summed E-state index contributed by atoms with van der Waals surface area (Å²) < 4.78 is 24.2. The minimum absolute atomic E-state index is 0. The van der Waals surface area contributed by atoms with E-state index in [1.807, 2.05) is 13.8 Å². The largest absolute Gasteiger partial charge is 0.325 e. The van der Waals surface area contributed by atoms with E-state index in [0.717, 1.165) is 0 Å². The zero-order valence-electron chi connectivity index (χ0n) is 10.6. The van der Waals surface area contributed by atoms with E-state index in [4.69, 9.17) is 5.73 Å². The second-order valence-corrected chi connectivity index (χ2v) is 5.23. The summed E-state index contributed by atoms with van der Waals surface area (Å²) in [5.41, 5.74) is 6.24. The second kappa shape index (κ2) is 8.35. The number of hydrogen-bond donors (Lipinski definition) is 2. The molecule has 7 heteroatoms. The highest BCUT2D eigenvalue weighted by atomic mass is 35.5. The average molecular weight is 311 g/mol. The van der Waals surface area contributed by atoms with Crippen LogP contribution >= 0.6 is 24.2 Å². The van der Waals surface area contributed by atoms with Crippen molar-refractivity contribution in [3.63, 3.8) is 0 Å². The topological polar surface area (TPSA) is 55.1 Å². The summed E-state index contributed by atoms with van der Waals surface area (Å²) >= 11 is 0.466. The molecule has 108 valence electrons. The minimum Gasteiger partial charge on any atom is -0.325 e. The standard InChI is InChI=1S/C12H16F2N2OS.ClH/c1-7(2)10(15)11(17)16-8-3-5-9(6-4-8)18-12(13)14;/h3-7,10,12H,15H2,1-2H3,(H,16,17);1H. The zero-order valence-corrected chi connectivity index (χ0v) is 12.2. The van der Waals surface area contributed by atoms with Gasteiger partial charge >= 0.3 is 0 Å². The molecule has 0 bridgehead atoms. The Balaban J connectivity index is 0.00000324. The van der Waals surface area contributed by atoms with E-state index in [-0.39, 0.29) is 24.2 Å². The Morgan fingerprint density at radius 1 is 1.26 bits per heavy atom. The Bertz CT molecular complexity index is 401. The molecule has 0 heterocycles. The maximum Gasteiger partial charge on any atom is 0.288 e. The van der Waals surface area contributed by atoms with Gasteiger partial charge in [-0.3, -0.25) is 4.79 Å². The van der Waals surface area contributed by atoms with E-state index < -0.39 is 11.8 Å². The third kappa shape index (κ3) is 6.22. The summed E-state index contributed by atoms with van der Waals surface area (Å²) in [7, 11) is 0. The first-order chi connectivity index (χ1) is 8.40. The van der Waals surface area contributed by atoms with Gasteiger partial charge in [0, 0.05) is 10.6 Å². The van der Waals surface area contributed by atoms with Crippen LogP contribution in [0.25, 0.3) is 0 Å². The number of benzene rings is 1. The van der Waals surface area contributed by atoms with Gasteiger partial charge in [-0.15, -0.1) is 12.4 Å². The van der Waals surface area contributed by atoms with Gasteiger partial charge < -0.3 is 11.1 Å². The molecule has 1 unspecified atom stereocenters. The molecule has 3 N–H and O–H groups in total. The first-order valence-corrected chi connectivity index (χ1v) is 6.39. The summed E-state index contributed by atoms with van der Waals surface area (Å²) in [5.74, 6) is -2.68. The second-order valence-electron chi connectivity index (χ2n) is 4.16. The number of alkyl halides is 2. The van der Waals surface area contributed by atoms with Crippen molar-refractivity contribution in [3.05, 3.63) is 24.3 Å². The molecule has 0 radical (unpaired) electrons. The fraction of sp³-hybridized carbons (Fsp3) is 0.417. The van der Waals surface area contributed by atoms with Gasteiger partial charge in [0.2, 0.25) is 5.91 Å². The highest BCUT2D eigenvalue weighted by Crippen LogP contribution is 2.26. The fourth-order valence-electron chi connectivity index (χ4n) is 1.25. The molecule has 0 aliphatic carbocycles. The van der Waals surface area contributed by atoms with Crippen molar-refractivity contribution in [2.45, 2.75) is 30.5 Å². The number of nitrogens with one attached hydrogen (secondary N) is 1. The van der Waals surface area contributed by atoms with Crippen molar-refractivity contribution in [1.82, 2.24) is 0 Å². The molecule has 1 amide bonds. The number of carbonyl (C=O) groups is 1. The summed E-state index contributed by atoms with van der Waals surface area (Å²) in [6.07, 6.45) is 0. The molecule has 1 aromatic carbocycles. The lowest BCUT2D eigenvalue weighted by Gasteiger charge is -2.15. The third-order valence-corrected chi connectivity index (χ3v) is 3.09. The van der Waals surface area contributed by atoms with Crippen molar-refractivity contribution in [2.75, 3.05) is 5.32 Å². The van der Waals surface area contributed by atoms with E-state index in [1.165, 1.54) is 12.1 Å². The highest BCUT2D eigenvalue weighted by Gasteiger charge is 2.17. The van der Waals surface area contributed by atoms with Crippen LogP contribution < -0.4 is 11.1 Å². The molecular formula is C12H17ClF2N2OS. The van der Waals surface area contributed by atoms with Crippen molar-refractivity contribution < 1.29 is 13.6 Å². The van der Waals surface area contributed by atoms with Crippen LogP contribution in [0.4, 0.5) is 14.5 Å². The van der Waals surface area contributed by atoms with Gasteiger partial charge in [0.05, 0.1) is 6.04 Å². The van der Waals surface area contributed by atoms with Crippen LogP contribution in [0.5, 0.6) is 0 Å². The first-order valence-electron chi connectivity index (χ1n) is 5.51. The SMILES string of the molecule is CC(C)C(N)C(=O)Nc1ccc(SC(F)F)cc1.Cl. The number of anilines is 1. The number of carbonyl (C=O) groups excluding carboxylic acids is 1. The maximum atomic E-state index is 12.1. The normalized spacial score (nSPS) is 12.2. The molecule has 0 aliphatic heterocycles. The first kappa shape index (κ1) is 18.1. The summed E-state index contributed by atoms with van der Waals surface area (Å²) in [5, 5.41) is 2.64. The van der Waals surface area contributed by atoms with Gasteiger partial charge in [-0.2, -0.15) is 8.78 Å². The van der Waals surface area contributed by atoms with E-state index >= 15 is 0 Å². The Morgan fingerprint density at radius 2 is 1.79 bits per heavy atom. The predicted molar refractivity (Wildman–Crippen MR) is 77.0 cm³/mol. The van der Waals surface area contributed by atoms with Crippen molar-refractivity contribution in [1.29, 1.82) is 0 Å². The van der Waals surface area contributed by atoms with Gasteiger partial charge in [0.25, 0.3) is 5.76 Å². The van der Waals surface area contributed by atoms with Crippen molar-refractivity contribution >= 4 is 35.8 Å².